The molecule has 0 saturated heterocycles. The summed E-state index contributed by atoms with van der Waals surface area (Å²) in [7, 11) is 3.38. The van der Waals surface area contributed by atoms with Crippen LogP contribution in [0.2, 0.25) is 0 Å². The van der Waals surface area contributed by atoms with Crippen LogP contribution in [0.5, 0.6) is 5.75 Å². The van der Waals surface area contributed by atoms with Crippen LogP contribution in [0.3, 0.4) is 0 Å². The van der Waals surface area contributed by atoms with E-state index in [1.54, 1.807) is 16.9 Å². The van der Waals surface area contributed by atoms with Gasteiger partial charge in [-0.05, 0) is 35.9 Å². The third kappa shape index (κ3) is 3.21. The summed E-state index contributed by atoms with van der Waals surface area (Å²) in [6.07, 6.45) is 3.68. The summed E-state index contributed by atoms with van der Waals surface area (Å²) < 4.78 is 21.1. The molecule has 0 unspecified atom stereocenters. The number of fused-ring (bicyclic) bond motifs is 2. The molecule has 33 heavy (non-hydrogen) atoms. The highest BCUT2D eigenvalue weighted by molar-refractivity contribution is 5.96. The fourth-order valence-corrected chi connectivity index (χ4v) is 3.99. The van der Waals surface area contributed by atoms with E-state index in [0.29, 0.717) is 33.9 Å². The van der Waals surface area contributed by atoms with Crippen molar-refractivity contribution >= 4 is 22.1 Å². The van der Waals surface area contributed by atoms with Crippen molar-refractivity contribution in [1.82, 2.24) is 34.9 Å². The van der Waals surface area contributed by atoms with Crippen molar-refractivity contribution in [3.05, 3.63) is 66.7 Å². The van der Waals surface area contributed by atoms with Crippen molar-refractivity contribution < 1.29 is 9.13 Å². The smallest absolute Gasteiger partial charge is 0.161 e. The van der Waals surface area contributed by atoms with Crippen LogP contribution in [0.15, 0.2) is 60.9 Å². The van der Waals surface area contributed by atoms with Crippen molar-refractivity contribution in [1.29, 1.82) is 0 Å². The van der Waals surface area contributed by atoms with Gasteiger partial charge in [-0.2, -0.15) is 10.2 Å². The Morgan fingerprint density at radius 1 is 0.970 bits per heavy atom. The van der Waals surface area contributed by atoms with Crippen molar-refractivity contribution in [2.75, 3.05) is 7.11 Å². The third-order valence-electron chi connectivity index (χ3n) is 5.56. The summed E-state index contributed by atoms with van der Waals surface area (Å²) in [6.45, 7) is 0. The number of hydrogen-bond acceptors (Lipinski definition) is 5. The van der Waals surface area contributed by atoms with Gasteiger partial charge in [0.2, 0.25) is 0 Å². The average molecular weight is 439 g/mol. The number of ether oxygens (including phenoxy) is 1. The van der Waals surface area contributed by atoms with Crippen LogP contribution in [0.4, 0.5) is 4.39 Å². The molecule has 0 spiro atoms. The first-order valence-corrected chi connectivity index (χ1v) is 10.3. The van der Waals surface area contributed by atoms with E-state index in [9.17, 15) is 4.39 Å². The second-order valence-corrected chi connectivity index (χ2v) is 7.73. The molecule has 6 rings (SSSR count). The second-order valence-electron chi connectivity index (χ2n) is 7.73. The molecule has 0 amide bonds. The van der Waals surface area contributed by atoms with Gasteiger partial charge in [-0.15, -0.1) is 0 Å². The Labute approximate surface area is 187 Å². The minimum atomic E-state index is -0.373. The molecule has 0 bridgehead atoms. The quantitative estimate of drug-likeness (QED) is 0.414. The van der Waals surface area contributed by atoms with Gasteiger partial charge in [0.25, 0.3) is 0 Å². The van der Waals surface area contributed by atoms with Gasteiger partial charge < -0.3 is 9.72 Å². The van der Waals surface area contributed by atoms with Crippen LogP contribution in [0, 0.1) is 5.82 Å². The number of nitrogens with one attached hydrogen (secondary N) is 2. The van der Waals surface area contributed by atoms with E-state index in [-0.39, 0.29) is 5.82 Å². The highest BCUT2D eigenvalue weighted by atomic mass is 19.1. The van der Waals surface area contributed by atoms with Crippen LogP contribution in [-0.4, -0.2) is 42.0 Å². The zero-order chi connectivity index (χ0) is 22.5. The summed E-state index contributed by atoms with van der Waals surface area (Å²) in [5.41, 5.74) is 6.80. The second kappa shape index (κ2) is 7.27. The number of aromatic nitrogens is 7. The van der Waals surface area contributed by atoms with Crippen LogP contribution >= 0.6 is 0 Å². The molecule has 0 aliphatic carbocycles. The predicted molar refractivity (Wildman–Crippen MR) is 123 cm³/mol. The Morgan fingerprint density at radius 2 is 1.88 bits per heavy atom. The van der Waals surface area contributed by atoms with E-state index < -0.39 is 0 Å². The molecule has 0 fully saturated rings. The lowest BCUT2D eigenvalue weighted by Gasteiger charge is -2.06. The van der Waals surface area contributed by atoms with E-state index in [0.717, 1.165) is 27.9 Å². The predicted octanol–water partition coefficient (Wildman–Crippen LogP) is 4.72. The molecule has 6 aromatic rings. The number of hydrogen-bond donors (Lipinski definition) is 2. The lowest BCUT2D eigenvalue weighted by molar-refractivity contribution is 0.411. The monoisotopic (exact) mass is 439 g/mol. The largest absolute Gasteiger partial charge is 0.497 e. The molecule has 0 saturated carbocycles. The topological polar surface area (TPSA) is 97.3 Å². The number of aryl methyl sites for hydroxylation is 1. The van der Waals surface area contributed by atoms with E-state index in [2.05, 4.69) is 20.3 Å². The number of methoxy groups -OCH3 is 1. The molecular weight excluding hydrogens is 421 g/mol. The number of H-pyrrole nitrogens is 2. The molecule has 0 atom stereocenters. The van der Waals surface area contributed by atoms with Gasteiger partial charge in [0.05, 0.1) is 35.6 Å². The van der Waals surface area contributed by atoms with Gasteiger partial charge in [-0.1, -0.05) is 12.1 Å². The Hall–Kier alpha value is -4.53. The molecule has 4 heterocycles. The first kappa shape index (κ1) is 19.2. The van der Waals surface area contributed by atoms with Gasteiger partial charge in [0, 0.05) is 30.4 Å². The fraction of sp³-hybridized carbons (Fsp3) is 0.0833. The van der Waals surface area contributed by atoms with E-state index in [1.165, 1.54) is 19.2 Å². The number of rotatable bonds is 4. The molecule has 9 heteroatoms. The SMILES string of the molecule is COc1cc(F)cc(-c2cccc3[nH]c(-c4n[nH]c5ccc(-c6cnn(C)c6)nc45)nc23)c1. The summed E-state index contributed by atoms with van der Waals surface area (Å²) in [5, 5.41) is 11.7. The molecule has 2 N–H and O–H groups in total. The average Bonchev–Trinajstić information content (AvgIpc) is 3.55. The Kier molecular flexibility index (Phi) is 4.22. The molecule has 8 nitrogen and oxygen atoms in total. The zero-order valence-electron chi connectivity index (χ0n) is 17.8. The van der Waals surface area contributed by atoms with Crippen LogP contribution in [0.25, 0.3) is 56.0 Å². The van der Waals surface area contributed by atoms with Crippen LogP contribution < -0.4 is 4.74 Å². The van der Waals surface area contributed by atoms with E-state index in [1.807, 2.05) is 43.6 Å². The van der Waals surface area contributed by atoms with Crippen LogP contribution in [0.1, 0.15) is 0 Å². The van der Waals surface area contributed by atoms with Gasteiger partial charge in [-0.25, -0.2) is 14.4 Å². The minimum absolute atomic E-state index is 0.373. The molecule has 4 aromatic heterocycles. The molecule has 2 aromatic carbocycles. The number of imidazole rings is 1. The number of aromatic amines is 2. The molecule has 0 radical (unpaired) electrons. The maximum absolute atomic E-state index is 14.1. The van der Waals surface area contributed by atoms with Crippen molar-refractivity contribution in [2.45, 2.75) is 0 Å². The maximum Gasteiger partial charge on any atom is 0.161 e. The zero-order valence-corrected chi connectivity index (χ0v) is 17.8. The van der Waals surface area contributed by atoms with Gasteiger partial charge in [0.1, 0.15) is 17.1 Å². The highest BCUT2D eigenvalue weighted by Gasteiger charge is 2.17. The Morgan fingerprint density at radius 3 is 2.70 bits per heavy atom. The molecule has 162 valence electrons. The summed E-state index contributed by atoms with van der Waals surface area (Å²) in [4.78, 5) is 13.0. The van der Waals surface area contributed by atoms with Crippen LogP contribution in [-0.2, 0) is 7.05 Å². The Bertz CT molecular complexity index is 1650. The highest BCUT2D eigenvalue weighted by Crippen LogP contribution is 2.33. The number of pyridine rings is 1. The van der Waals surface area contributed by atoms with Crippen molar-refractivity contribution in [3.63, 3.8) is 0 Å². The first-order chi connectivity index (χ1) is 16.1. The number of halogens is 1. The summed E-state index contributed by atoms with van der Waals surface area (Å²) >= 11 is 0. The summed E-state index contributed by atoms with van der Waals surface area (Å²) in [6, 6.07) is 14.2. The molecular formula is C24H18FN7O. The summed E-state index contributed by atoms with van der Waals surface area (Å²) in [5.74, 6) is 0.647. The minimum Gasteiger partial charge on any atom is -0.497 e. The normalized spacial score (nSPS) is 11.5. The number of para-hydroxylation sites is 1. The van der Waals surface area contributed by atoms with Crippen molar-refractivity contribution in [2.24, 2.45) is 7.05 Å². The molecule has 0 aliphatic heterocycles. The standard InChI is InChI=1S/C24H18FN7O/c1-32-12-14(11-26-32)18-6-7-20-22(27-18)23(31-30-20)24-28-19-5-3-4-17(21(19)29-24)13-8-15(25)10-16(9-13)33-2/h3-12H,1-2H3,(H,28,29)(H,30,31). The van der Waals surface area contributed by atoms with Gasteiger partial charge >= 0.3 is 0 Å². The van der Waals surface area contributed by atoms with Gasteiger partial charge in [-0.3, -0.25) is 9.78 Å². The maximum atomic E-state index is 14.1. The first-order valence-electron chi connectivity index (χ1n) is 10.3. The van der Waals surface area contributed by atoms with E-state index >= 15 is 0 Å². The molecule has 0 aliphatic rings. The lowest BCUT2D eigenvalue weighted by Crippen LogP contribution is -1.88. The fourth-order valence-electron chi connectivity index (χ4n) is 3.99. The number of nitrogens with zero attached hydrogens (tertiary/aromatic N) is 5. The lowest BCUT2D eigenvalue weighted by atomic mass is 10.0. The number of benzene rings is 2. The van der Waals surface area contributed by atoms with Crippen molar-refractivity contribution in [3.8, 4) is 39.7 Å². The Balaban J connectivity index is 1.50. The third-order valence-corrected chi connectivity index (χ3v) is 5.56. The van der Waals surface area contributed by atoms with Gasteiger partial charge in [0.15, 0.2) is 11.5 Å². The van der Waals surface area contributed by atoms with E-state index in [4.69, 9.17) is 14.7 Å².